The highest BCUT2D eigenvalue weighted by molar-refractivity contribution is 5.57. The first kappa shape index (κ1) is 21.0. The molecule has 0 amide bonds. The number of anilines is 2. The van der Waals surface area contributed by atoms with Crippen LogP contribution in [-0.4, -0.2) is 48.2 Å². The number of aromatic nitrogens is 2. The number of hydrogen-bond acceptors (Lipinski definition) is 6. The zero-order valence-electron chi connectivity index (χ0n) is 17.4. The summed E-state index contributed by atoms with van der Waals surface area (Å²) in [6, 6.07) is 14.8. The van der Waals surface area contributed by atoms with Crippen LogP contribution in [-0.2, 0) is 4.74 Å². The molecule has 160 valence electrons. The van der Waals surface area contributed by atoms with Gasteiger partial charge in [-0.3, -0.25) is 9.88 Å². The van der Waals surface area contributed by atoms with Crippen molar-refractivity contribution in [3.63, 3.8) is 0 Å². The van der Waals surface area contributed by atoms with Gasteiger partial charge in [0.25, 0.3) is 0 Å². The fourth-order valence-electron chi connectivity index (χ4n) is 3.45. The molecule has 1 saturated heterocycles. The molecule has 3 heterocycles. The van der Waals surface area contributed by atoms with Gasteiger partial charge in [0.05, 0.1) is 37.5 Å². The molecule has 31 heavy (non-hydrogen) atoms. The van der Waals surface area contributed by atoms with Crippen molar-refractivity contribution in [3.05, 3.63) is 84.1 Å². The quantitative estimate of drug-likeness (QED) is 0.609. The van der Waals surface area contributed by atoms with Gasteiger partial charge in [-0.2, -0.15) is 0 Å². The van der Waals surface area contributed by atoms with Gasteiger partial charge in [-0.25, -0.2) is 9.37 Å². The molecule has 0 radical (unpaired) electrons. The molecular weight excluding hydrogens is 395 g/mol. The fraction of sp³-hybridized carbons (Fsp3) is 0.250. The van der Waals surface area contributed by atoms with Gasteiger partial charge in [0.15, 0.2) is 0 Å². The summed E-state index contributed by atoms with van der Waals surface area (Å²) in [6.07, 6.45) is 7.08. The van der Waals surface area contributed by atoms with E-state index in [1.807, 2.05) is 36.4 Å². The molecule has 1 N–H and O–H groups in total. The summed E-state index contributed by atoms with van der Waals surface area (Å²) in [7, 11) is 1.68. The second-order valence-electron chi connectivity index (χ2n) is 7.22. The Bertz CT molecular complexity index is 1010. The first-order chi connectivity index (χ1) is 15.2. The second kappa shape index (κ2) is 10.1. The van der Waals surface area contributed by atoms with Gasteiger partial charge in [0.1, 0.15) is 23.5 Å². The summed E-state index contributed by atoms with van der Waals surface area (Å²) in [5, 5.41) is 3.11. The summed E-state index contributed by atoms with van der Waals surface area (Å²) in [4.78, 5) is 10.9. The molecule has 0 unspecified atom stereocenters. The Morgan fingerprint density at radius 2 is 2.06 bits per heavy atom. The van der Waals surface area contributed by atoms with Crippen molar-refractivity contribution in [2.45, 2.75) is 6.10 Å². The Morgan fingerprint density at radius 3 is 2.84 bits per heavy atom. The molecule has 1 aromatic carbocycles. The number of nitrogens with one attached hydrogen (secondary N) is 1. The largest absolute Gasteiger partial charge is 0.496 e. The van der Waals surface area contributed by atoms with Crippen LogP contribution in [0.4, 0.5) is 15.9 Å². The molecule has 4 rings (SSSR count). The SMILES string of the molecule is COc1ccccc1/C=C/CN1CCO[C@@H](c2ccc(Nc3ccc(F)cn3)cn2)C1. The molecule has 6 nitrogen and oxygen atoms in total. The van der Waals surface area contributed by atoms with Crippen molar-refractivity contribution in [2.75, 3.05) is 38.7 Å². The molecule has 1 aliphatic heterocycles. The van der Waals surface area contributed by atoms with Crippen molar-refractivity contribution in [2.24, 2.45) is 0 Å². The van der Waals surface area contributed by atoms with Crippen LogP contribution in [0.2, 0.25) is 0 Å². The lowest BCUT2D eigenvalue weighted by Gasteiger charge is -2.31. The molecule has 3 aromatic rings. The Labute approximate surface area is 181 Å². The van der Waals surface area contributed by atoms with E-state index in [4.69, 9.17) is 9.47 Å². The Balaban J connectivity index is 1.33. The fourth-order valence-corrected chi connectivity index (χ4v) is 3.45. The van der Waals surface area contributed by atoms with Gasteiger partial charge in [-0.05, 0) is 30.3 Å². The van der Waals surface area contributed by atoms with Crippen molar-refractivity contribution >= 4 is 17.6 Å². The second-order valence-corrected chi connectivity index (χ2v) is 7.22. The number of nitrogens with zero attached hydrogens (tertiary/aromatic N) is 3. The topological polar surface area (TPSA) is 59.5 Å². The number of benzene rings is 1. The minimum atomic E-state index is -0.365. The first-order valence-corrected chi connectivity index (χ1v) is 10.2. The maximum absolute atomic E-state index is 13.0. The van der Waals surface area contributed by atoms with Crippen LogP contribution in [0.15, 0.2) is 67.0 Å². The minimum absolute atomic E-state index is 0.0774. The molecule has 7 heteroatoms. The van der Waals surface area contributed by atoms with Crippen LogP contribution in [0.5, 0.6) is 5.75 Å². The van der Waals surface area contributed by atoms with Crippen LogP contribution in [0.3, 0.4) is 0 Å². The lowest BCUT2D eigenvalue weighted by molar-refractivity contribution is -0.0281. The van der Waals surface area contributed by atoms with Crippen molar-refractivity contribution in [1.29, 1.82) is 0 Å². The summed E-state index contributed by atoms with van der Waals surface area (Å²) >= 11 is 0. The maximum Gasteiger partial charge on any atom is 0.141 e. The molecule has 2 aromatic heterocycles. The lowest BCUT2D eigenvalue weighted by Crippen LogP contribution is -2.38. The van der Waals surface area contributed by atoms with Crippen LogP contribution in [0.1, 0.15) is 17.4 Å². The van der Waals surface area contributed by atoms with Crippen molar-refractivity contribution in [1.82, 2.24) is 14.9 Å². The van der Waals surface area contributed by atoms with Gasteiger partial charge in [0.2, 0.25) is 0 Å². The van der Waals surface area contributed by atoms with Gasteiger partial charge >= 0.3 is 0 Å². The third kappa shape index (κ3) is 5.65. The Hall–Kier alpha value is -3.29. The predicted molar refractivity (Wildman–Crippen MR) is 119 cm³/mol. The van der Waals surface area contributed by atoms with Gasteiger partial charge in [-0.15, -0.1) is 0 Å². The van der Waals surface area contributed by atoms with E-state index in [2.05, 4.69) is 32.3 Å². The average Bonchev–Trinajstić information content (AvgIpc) is 2.82. The number of halogens is 1. The number of hydrogen-bond donors (Lipinski definition) is 1. The van der Waals surface area contributed by atoms with E-state index in [-0.39, 0.29) is 11.9 Å². The lowest BCUT2D eigenvalue weighted by atomic mass is 10.1. The summed E-state index contributed by atoms with van der Waals surface area (Å²) < 4.78 is 24.3. The zero-order valence-corrected chi connectivity index (χ0v) is 17.4. The molecular formula is C24H25FN4O2. The van der Waals surface area contributed by atoms with Gasteiger partial charge in [-0.1, -0.05) is 30.4 Å². The van der Waals surface area contributed by atoms with Crippen LogP contribution in [0, 0.1) is 5.82 Å². The van der Waals surface area contributed by atoms with E-state index in [0.717, 1.165) is 42.3 Å². The number of methoxy groups -OCH3 is 1. The maximum atomic E-state index is 13.0. The first-order valence-electron chi connectivity index (χ1n) is 10.2. The van der Waals surface area contributed by atoms with Crippen LogP contribution >= 0.6 is 0 Å². The van der Waals surface area contributed by atoms with E-state index < -0.39 is 0 Å². The predicted octanol–water partition coefficient (Wildman–Crippen LogP) is 4.45. The van der Waals surface area contributed by atoms with E-state index in [1.54, 1.807) is 19.4 Å². The Kier molecular flexibility index (Phi) is 6.86. The zero-order chi connectivity index (χ0) is 21.5. The average molecular weight is 420 g/mol. The number of morpholine rings is 1. The monoisotopic (exact) mass is 420 g/mol. The standard InChI is InChI=1S/C24H25FN4O2/c1-30-22-7-3-2-5-18(22)6-4-12-29-13-14-31-23(17-29)21-10-9-20(16-26-21)28-24-11-8-19(25)15-27-24/h2-11,15-16,23H,12-14,17H2,1H3,(H,27,28)/b6-4+/t23-/m1/s1. The third-order valence-corrected chi connectivity index (χ3v) is 5.07. The molecule has 0 saturated carbocycles. The number of ether oxygens (including phenoxy) is 2. The summed E-state index contributed by atoms with van der Waals surface area (Å²) in [5.74, 6) is 1.07. The van der Waals surface area contributed by atoms with E-state index in [1.165, 1.54) is 12.3 Å². The van der Waals surface area contributed by atoms with Gasteiger partial charge < -0.3 is 14.8 Å². The Morgan fingerprint density at radius 1 is 1.16 bits per heavy atom. The van der Waals surface area contributed by atoms with Gasteiger partial charge in [0, 0.05) is 25.2 Å². The van der Waals surface area contributed by atoms with E-state index >= 15 is 0 Å². The molecule has 0 spiro atoms. The molecule has 1 aliphatic rings. The molecule has 1 atom stereocenters. The van der Waals surface area contributed by atoms with E-state index in [0.29, 0.717) is 12.4 Å². The van der Waals surface area contributed by atoms with Crippen LogP contribution in [0.25, 0.3) is 6.08 Å². The highest BCUT2D eigenvalue weighted by Gasteiger charge is 2.22. The van der Waals surface area contributed by atoms with Crippen molar-refractivity contribution in [3.8, 4) is 5.75 Å². The summed E-state index contributed by atoms with van der Waals surface area (Å²) in [5.41, 5.74) is 2.74. The molecule has 0 aliphatic carbocycles. The number of pyridine rings is 2. The molecule has 1 fully saturated rings. The van der Waals surface area contributed by atoms with E-state index in [9.17, 15) is 4.39 Å². The highest BCUT2D eigenvalue weighted by atomic mass is 19.1. The number of para-hydroxylation sites is 1. The smallest absolute Gasteiger partial charge is 0.141 e. The highest BCUT2D eigenvalue weighted by Crippen LogP contribution is 2.23. The molecule has 0 bridgehead atoms. The third-order valence-electron chi connectivity index (χ3n) is 5.07. The van der Waals surface area contributed by atoms with Crippen LogP contribution < -0.4 is 10.1 Å². The number of rotatable bonds is 7. The summed E-state index contributed by atoms with van der Waals surface area (Å²) in [6.45, 7) is 3.14. The normalized spacial score (nSPS) is 17.0. The minimum Gasteiger partial charge on any atom is -0.496 e. The van der Waals surface area contributed by atoms with Crippen molar-refractivity contribution < 1.29 is 13.9 Å².